The maximum absolute atomic E-state index is 10.5. The van der Waals surface area contributed by atoms with Crippen LogP contribution in [0.25, 0.3) is 0 Å². The van der Waals surface area contributed by atoms with Gasteiger partial charge in [-0.25, -0.2) is 0 Å². The third-order valence-electron chi connectivity index (χ3n) is 4.75. The normalized spacial score (nSPS) is 29.9. The Morgan fingerprint density at radius 1 is 1.35 bits per heavy atom. The van der Waals surface area contributed by atoms with E-state index in [1.165, 1.54) is 12.8 Å². The van der Waals surface area contributed by atoms with Gasteiger partial charge in [-0.05, 0) is 38.0 Å². The number of hydrogen-bond acceptors (Lipinski definition) is 2. The molecule has 1 rings (SSSR count). The molecule has 17 heavy (non-hydrogen) atoms. The predicted molar refractivity (Wildman–Crippen MR) is 70.4 cm³/mol. The van der Waals surface area contributed by atoms with E-state index >= 15 is 0 Å². The summed E-state index contributed by atoms with van der Waals surface area (Å²) in [5.74, 6) is 0.682. The van der Waals surface area contributed by atoms with Crippen molar-refractivity contribution in [2.24, 2.45) is 11.3 Å². The van der Waals surface area contributed by atoms with Crippen molar-refractivity contribution in [3.63, 3.8) is 0 Å². The summed E-state index contributed by atoms with van der Waals surface area (Å²) in [5, 5.41) is 20.0. The second-order valence-electron chi connectivity index (χ2n) is 5.87. The van der Waals surface area contributed by atoms with Crippen molar-refractivity contribution in [1.82, 2.24) is 0 Å². The number of nitriles is 1. The van der Waals surface area contributed by atoms with Gasteiger partial charge < -0.3 is 5.11 Å². The van der Waals surface area contributed by atoms with Crippen molar-refractivity contribution in [3.8, 4) is 6.07 Å². The van der Waals surface area contributed by atoms with Crippen LogP contribution in [-0.4, -0.2) is 10.7 Å². The molecule has 0 radical (unpaired) electrons. The number of aliphatic hydroxyl groups is 1. The lowest BCUT2D eigenvalue weighted by Gasteiger charge is -2.40. The Hall–Kier alpha value is -0.550. The van der Waals surface area contributed by atoms with E-state index in [0.29, 0.717) is 12.3 Å². The minimum Gasteiger partial charge on any atom is -0.390 e. The molecule has 2 atom stereocenters. The van der Waals surface area contributed by atoms with Crippen LogP contribution in [0, 0.1) is 22.7 Å². The average Bonchev–Trinajstić information content (AvgIpc) is 2.38. The zero-order chi connectivity index (χ0) is 12.9. The molecule has 0 saturated heterocycles. The molecular formula is C15H27NO. The maximum Gasteiger partial charge on any atom is 0.0690 e. The highest BCUT2D eigenvalue weighted by atomic mass is 16.3. The summed E-state index contributed by atoms with van der Waals surface area (Å²) in [7, 11) is 0. The van der Waals surface area contributed by atoms with Gasteiger partial charge >= 0.3 is 0 Å². The first-order valence-corrected chi connectivity index (χ1v) is 7.16. The van der Waals surface area contributed by atoms with Crippen LogP contribution in [0.5, 0.6) is 0 Å². The minimum atomic E-state index is -0.634. The van der Waals surface area contributed by atoms with Crippen molar-refractivity contribution in [1.29, 1.82) is 5.26 Å². The van der Waals surface area contributed by atoms with Crippen LogP contribution in [0.4, 0.5) is 0 Å². The standard InChI is InChI=1S/C15H27NO/c1-4-13-8-7-9-14(10-13,12-16)11-15(17,5-2)6-3/h13,17H,4-11H2,1-3H3. The molecule has 0 bridgehead atoms. The van der Waals surface area contributed by atoms with Crippen LogP contribution in [0.3, 0.4) is 0 Å². The lowest BCUT2D eigenvalue weighted by molar-refractivity contribution is -0.0184. The van der Waals surface area contributed by atoms with Crippen molar-refractivity contribution in [3.05, 3.63) is 0 Å². The molecule has 0 heterocycles. The highest BCUT2D eigenvalue weighted by molar-refractivity contribution is 5.05. The van der Waals surface area contributed by atoms with E-state index < -0.39 is 5.60 Å². The topological polar surface area (TPSA) is 44.0 Å². The van der Waals surface area contributed by atoms with Crippen LogP contribution < -0.4 is 0 Å². The highest BCUT2D eigenvalue weighted by Gasteiger charge is 2.41. The van der Waals surface area contributed by atoms with Crippen LogP contribution in [-0.2, 0) is 0 Å². The van der Waals surface area contributed by atoms with Gasteiger partial charge in [0.2, 0.25) is 0 Å². The molecule has 1 fully saturated rings. The summed E-state index contributed by atoms with van der Waals surface area (Å²) in [6.07, 6.45) is 7.71. The second-order valence-corrected chi connectivity index (χ2v) is 5.87. The molecule has 98 valence electrons. The molecule has 2 unspecified atom stereocenters. The summed E-state index contributed by atoms with van der Waals surface area (Å²) in [6, 6.07) is 2.55. The number of hydrogen-bond donors (Lipinski definition) is 1. The van der Waals surface area contributed by atoms with Gasteiger partial charge in [-0.1, -0.05) is 40.0 Å². The zero-order valence-corrected chi connectivity index (χ0v) is 11.6. The molecular weight excluding hydrogens is 210 g/mol. The fourth-order valence-corrected chi connectivity index (χ4v) is 3.27. The van der Waals surface area contributed by atoms with E-state index in [4.69, 9.17) is 0 Å². The quantitative estimate of drug-likeness (QED) is 0.784. The van der Waals surface area contributed by atoms with Crippen LogP contribution in [0.2, 0.25) is 0 Å². The van der Waals surface area contributed by atoms with Gasteiger partial charge in [0.1, 0.15) is 0 Å². The van der Waals surface area contributed by atoms with Crippen LogP contribution in [0.15, 0.2) is 0 Å². The summed E-state index contributed by atoms with van der Waals surface area (Å²) in [6.45, 7) is 6.26. The molecule has 0 aromatic rings. The van der Waals surface area contributed by atoms with Gasteiger partial charge in [0, 0.05) is 0 Å². The van der Waals surface area contributed by atoms with E-state index in [0.717, 1.165) is 32.1 Å². The van der Waals surface area contributed by atoms with Crippen molar-refractivity contribution >= 4 is 0 Å². The number of nitrogens with zero attached hydrogens (tertiary/aromatic N) is 1. The summed E-state index contributed by atoms with van der Waals surface area (Å²) >= 11 is 0. The summed E-state index contributed by atoms with van der Waals surface area (Å²) in [4.78, 5) is 0. The van der Waals surface area contributed by atoms with E-state index in [1.807, 2.05) is 13.8 Å². The first-order chi connectivity index (χ1) is 8.03. The Labute approximate surface area is 106 Å². The fourth-order valence-electron chi connectivity index (χ4n) is 3.27. The fraction of sp³-hybridized carbons (Fsp3) is 0.933. The van der Waals surface area contributed by atoms with E-state index in [9.17, 15) is 10.4 Å². The summed E-state index contributed by atoms with van der Waals surface area (Å²) in [5.41, 5.74) is -0.898. The van der Waals surface area contributed by atoms with E-state index in [-0.39, 0.29) is 5.41 Å². The lowest BCUT2D eigenvalue weighted by Crippen LogP contribution is -2.38. The second kappa shape index (κ2) is 5.87. The minimum absolute atomic E-state index is 0.264. The summed E-state index contributed by atoms with van der Waals surface area (Å²) < 4.78 is 0. The maximum atomic E-state index is 10.5. The average molecular weight is 237 g/mol. The smallest absolute Gasteiger partial charge is 0.0690 e. The van der Waals surface area contributed by atoms with E-state index in [2.05, 4.69) is 13.0 Å². The molecule has 2 heteroatoms. The Morgan fingerprint density at radius 3 is 2.47 bits per heavy atom. The van der Waals surface area contributed by atoms with Gasteiger partial charge in [0.25, 0.3) is 0 Å². The van der Waals surface area contributed by atoms with Crippen molar-refractivity contribution in [2.75, 3.05) is 0 Å². The molecule has 1 N–H and O–H groups in total. The Morgan fingerprint density at radius 2 is 2.00 bits per heavy atom. The molecule has 0 aromatic carbocycles. The van der Waals surface area contributed by atoms with Gasteiger partial charge in [-0.3, -0.25) is 0 Å². The Kier molecular flexibility index (Phi) is 5.01. The first kappa shape index (κ1) is 14.5. The molecule has 0 spiro atoms. The highest BCUT2D eigenvalue weighted by Crippen LogP contribution is 2.46. The lowest BCUT2D eigenvalue weighted by atomic mass is 9.64. The van der Waals surface area contributed by atoms with E-state index in [1.54, 1.807) is 0 Å². The SMILES string of the molecule is CCC1CCCC(C#N)(CC(O)(CC)CC)C1. The molecule has 1 saturated carbocycles. The zero-order valence-electron chi connectivity index (χ0n) is 11.6. The predicted octanol–water partition coefficient (Wildman–Crippen LogP) is 4.04. The van der Waals surface area contributed by atoms with Crippen LogP contribution >= 0.6 is 0 Å². The molecule has 1 aliphatic rings. The van der Waals surface area contributed by atoms with Gasteiger partial charge in [-0.15, -0.1) is 0 Å². The van der Waals surface area contributed by atoms with Gasteiger partial charge in [0.15, 0.2) is 0 Å². The van der Waals surface area contributed by atoms with Crippen molar-refractivity contribution in [2.45, 2.75) is 77.7 Å². The Bertz CT molecular complexity index is 277. The third kappa shape index (κ3) is 3.45. The largest absolute Gasteiger partial charge is 0.390 e. The van der Waals surface area contributed by atoms with Crippen LogP contribution in [0.1, 0.15) is 72.1 Å². The third-order valence-corrected chi connectivity index (χ3v) is 4.75. The van der Waals surface area contributed by atoms with Crippen molar-refractivity contribution < 1.29 is 5.11 Å². The molecule has 2 nitrogen and oxygen atoms in total. The molecule has 1 aliphatic carbocycles. The monoisotopic (exact) mass is 237 g/mol. The number of rotatable bonds is 5. The van der Waals surface area contributed by atoms with Gasteiger partial charge in [-0.2, -0.15) is 5.26 Å². The molecule has 0 aliphatic heterocycles. The Balaban J connectivity index is 2.78. The molecule has 0 amide bonds. The van der Waals surface area contributed by atoms with Gasteiger partial charge in [0.05, 0.1) is 17.1 Å². The first-order valence-electron chi connectivity index (χ1n) is 7.16. The molecule has 0 aromatic heterocycles.